The normalized spacial score (nSPS) is 16.3. The van der Waals surface area contributed by atoms with Crippen molar-refractivity contribution in [2.45, 2.75) is 20.4 Å². The first-order chi connectivity index (χ1) is 9.81. The number of ether oxygens (including phenoxy) is 2. The molecule has 0 radical (unpaired) electrons. The average Bonchev–Trinajstić information content (AvgIpc) is 2.48. The molecule has 0 aromatic heterocycles. The highest BCUT2D eigenvalue weighted by molar-refractivity contribution is 5.40. The molecule has 1 aromatic carbocycles. The van der Waals surface area contributed by atoms with Gasteiger partial charge in [-0.05, 0) is 19.0 Å². The van der Waals surface area contributed by atoms with Crippen molar-refractivity contribution in [3.8, 4) is 5.75 Å². The smallest absolute Gasteiger partial charge is 0.126 e. The Hall–Kier alpha value is -1.10. The number of morpholine rings is 1. The zero-order chi connectivity index (χ0) is 14.2. The summed E-state index contributed by atoms with van der Waals surface area (Å²) in [7, 11) is 0. The zero-order valence-electron chi connectivity index (χ0n) is 12.7. The van der Waals surface area contributed by atoms with Gasteiger partial charge in [-0.25, -0.2) is 0 Å². The Morgan fingerprint density at radius 3 is 2.85 bits per heavy atom. The largest absolute Gasteiger partial charge is 0.492 e. The van der Waals surface area contributed by atoms with Crippen LogP contribution in [0.25, 0.3) is 0 Å². The van der Waals surface area contributed by atoms with Crippen LogP contribution in [-0.4, -0.2) is 50.9 Å². The van der Waals surface area contributed by atoms with E-state index in [1.54, 1.807) is 0 Å². The van der Waals surface area contributed by atoms with Crippen molar-refractivity contribution in [2.24, 2.45) is 0 Å². The monoisotopic (exact) mass is 278 g/mol. The van der Waals surface area contributed by atoms with Gasteiger partial charge in [0.05, 0.1) is 13.2 Å². The molecule has 1 fully saturated rings. The number of para-hydroxylation sites is 1. The van der Waals surface area contributed by atoms with Crippen molar-refractivity contribution < 1.29 is 9.47 Å². The van der Waals surface area contributed by atoms with Crippen molar-refractivity contribution in [3.05, 3.63) is 29.3 Å². The summed E-state index contributed by atoms with van der Waals surface area (Å²) in [6.07, 6.45) is 0. The van der Waals surface area contributed by atoms with E-state index in [2.05, 4.69) is 42.3 Å². The molecule has 4 nitrogen and oxygen atoms in total. The van der Waals surface area contributed by atoms with E-state index >= 15 is 0 Å². The van der Waals surface area contributed by atoms with Gasteiger partial charge in [0.2, 0.25) is 0 Å². The number of nitrogens with zero attached hydrogens (tertiary/aromatic N) is 1. The van der Waals surface area contributed by atoms with Crippen molar-refractivity contribution in [3.63, 3.8) is 0 Å². The lowest BCUT2D eigenvalue weighted by molar-refractivity contribution is 0.0321. The molecule has 1 aromatic rings. The third-order valence-electron chi connectivity index (χ3n) is 3.62. The van der Waals surface area contributed by atoms with E-state index in [1.807, 2.05) is 0 Å². The molecule has 112 valence electrons. The molecule has 0 amide bonds. The van der Waals surface area contributed by atoms with Crippen LogP contribution in [0.3, 0.4) is 0 Å². The summed E-state index contributed by atoms with van der Waals surface area (Å²) in [5.74, 6) is 1.04. The van der Waals surface area contributed by atoms with Gasteiger partial charge in [-0.2, -0.15) is 0 Å². The second kappa shape index (κ2) is 8.25. The van der Waals surface area contributed by atoms with Crippen LogP contribution in [0.1, 0.15) is 18.1 Å². The van der Waals surface area contributed by atoms with E-state index in [0.29, 0.717) is 0 Å². The highest BCUT2D eigenvalue weighted by Gasteiger charge is 2.11. The van der Waals surface area contributed by atoms with E-state index in [0.717, 1.165) is 58.3 Å². The lowest BCUT2D eigenvalue weighted by Crippen LogP contribution is -2.38. The van der Waals surface area contributed by atoms with Crippen LogP contribution in [0.2, 0.25) is 0 Å². The highest BCUT2D eigenvalue weighted by atomic mass is 16.5. The topological polar surface area (TPSA) is 33.7 Å². The second-order valence-electron chi connectivity index (χ2n) is 5.15. The molecule has 1 N–H and O–H groups in total. The Morgan fingerprint density at radius 1 is 1.30 bits per heavy atom. The van der Waals surface area contributed by atoms with Gasteiger partial charge in [-0.3, -0.25) is 4.90 Å². The highest BCUT2D eigenvalue weighted by Crippen LogP contribution is 2.23. The van der Waals surface area contributed by atoms with Crippen molar-refractivity contribution in [1.29, 1.82) is 0 Å². The van der Waals surface area contributed by atoms with Crippen molar-refractivity contribution in [2.75, 3.05) is 46.0 Å². The summed E-state index contributed by atoms with van der Waals surface area (Å²) in [5.41, 5.74) is 2.45. The Kier molecular flexibility index (Phi) is 6.30. The Balaban J connectivity index is 1.87. The van der Waals surface area contributed by atoms with Gasteiger partial charge in [-0.1, -0.05) is 25.1 Å². The average molecular weight is 278 g/mol. The fourth-order valence-electron chi connectivity index (χ4n) is 2.42. The first-order valence-corrected chi connectivity index (χ1v) is 7.53. The predicted octanol–water partition coefficient (Wildman–Crippen LogP) is 1.82. The van der Waals surface area contributed by atoms with Gasteiger partial charge in [0.15, 0.2) is 0 Å². The van der Waals surface area contributed by atoms with Gasteiger partial charge in [0, 0.05) is 31.7 Å². The minimum Gasteiger partial charge on any atom is -0.492 e. The molecule has 0 bridgehead atoms. The lowest BCUT2D eigenvalue weighted by atomic mass is 10.1. The van der Waals surface area contributed by atoms with Crippen LogP contribution >= 0.6 is 0 Å². The predicted molar refractivity (Wildman–Crippen MR) is 81.3 cm³/mol. The fourth-order valence-corrected chi connectivity index (χ4v) is 2.42. The number of hydrogen-bond donors (Lipinski definition) is 1. The van der Waals surface area contributed by atoms with E-state index < -0.39 is 0 Å². The van der Waals surface area contributed by atoms with Crippen LogP contribution in [0.4, 0.5) is 0 Å². The third kappa shape index (κ3) is 4.47. The number of hydrogen-bond acceptors (Lipinski definition) is 4. The minimum absolute atomic E-state index is 0.740. The summed E-state index contributed by atoms with van der Waals surface area (Å²) in [5, 5.41) is 3.37. The molecule has 1 aliphatic rings. The first-order valence-electron chi connectivity index (χ1n) is 7.53. The summed E-state index contributed by atoms with van der Waals surface area (Å²) < 4.78 is 11.4. The fraction of sp³-hybridized carbons (Fsp3) is 0.625. The lowest BCUT2D eigenvalue weighted by Gasteiger charge is -2.26. The molecule has 0 aliphatic carbocycles. The quantitative estimate of drug-likeness (QED) is 0.825. The SMILES string of the molecule is CCNCc1cccc(C)c1OCCN1CCOCC1. The summed E-state index contributed by atoms with van der Waals surface area (Å²) >= 11 is 0. The third-order valence-corrected chi connectivity index (χ3v) is 3.62. The van der Waals surface area contributed by atoms with Crippen LogP contribution in [0.15, 0.2) is 18.2 Å². The van der Waals surface area contributed by atoms with Crippen LogP contribution < -0.4 is 10.1 Å². The molecule has 4 heteroatoms. The maximum atomic E-state index is 6.05. The second-order valence-corrected chi connectivity index (χ2v) is 5.15. The Morgan fingerprint density at radius 2 is 2.10 bits per heavy atom. The Bertz CT molecular complexity index is 403. The maximum Gasteiger partial charge on any atom is 0.126 e. The number of rotatable bonds is 7. The molecule has 0 atom stereocenters. The molecule has 20 heavy (non-hydrogen) atoms. The molecular weight excluding hydrogens is 252 g/mol. The van der Waals surface area contributed by atoms with Crippen molar-refractivity contribution in [1.82, 2.24) is 10.2 Å². The van der Waals surface area contributed by atoms with Crippen molar-refractivity contribution >= 4 is 0 Å². The molecular formula is C16H26N2O2. The van der Waals surface area contributed by atoms with E-state index in [9.17, 15) is 0 Å². The molecule has 0 unspecified atom stereocenters. The van der Waals surface area contributed by atoms with Crippen LogP contribution in [-0.2, 0) is 11.3 Å². The standard InChI is InChI=1S/C16H26N2O2/c1-3-17-13-15-6-4-5-14(2)16(15)20-12-9-18-7-10-19-11-8-18/h4-6,17H,3,7-13H2,1-2H3. The Labute approximate surface area is 122 Å². The van der Waals surface area contributed by atoms with Gasteiger partial charge in [0.25, 0.3) is 0 Å². The number of aryl methyl sites for hydroxylation is 1. The van der Waals surface area contributed by atoms with E-state index in [-0.39, 0.29) is 0 Å². The summed E-state index contributed by atoms with van der Waals surface area (Å²) in [4.78, 5) is 2.39. The van der Waals surface area contributed by atoms with Crippen LogP contribution in [0.5, 0.6) is 5.75 Å². The zero-order valence-corrected chi connectivity index (χ0v) is 12.7. The van der Waals surface area contributed by atoms with Gasteiger partial charge in [-0.15, -0.1) is 0 Å². The van der Waals surface area contributed by atoms with Gasteiger partial charge in [0.1, 0.15) is 12.4 Å². The molecule has 1 saturated heterocycles. The molecule has 0 spiro atoms. The maximum absolute atomic E-state index is 6.05. The molecule has 1 aliphatic heterocycles. The summed E-state index contributed by atoms with van der Waals surface area (Å²) in [6.45, 7) is 11.5. The minimum atomic E-state index is 0.740. The van der Waals surface area contributed by atoms with E-state index in [1.165, 1.54) is 11.1 Å². The van der Waals surface area contributed by atoms with Gasteiger partial charge < -0.3 is 14.8 Å². The molecule has 0 saturated carbocycles. The number of nitrogens with one attached hydrogen (secondary N) is 1. The number of benzene rings is 1. The van der Waals surface area contributed by atoms with E-state index in [4.69, 9.17) is 9.47 Å². The van der Waals surface area contributed by atoms with Crippen LogP contribution in [0, 0.1) is 6.92 Å². The molecule has 1 heterocycles. The van der Waals surface area contributed by atoms with Gasteiger partial charge >= 0.3 is 0 Å². The first kappa shape index (κ1) is 15.3. The molecule has 2 rings (SSSR count). The summed E-state index contributed by atoms with van der Waals surface area (Å²) in [6, 6.07) is 6.34.